The number of aromatic carboxylic acids is 6. The van der Waals surface area contributed by atoms with Crippen LogP contribution in [0.2, 0.25) is 0 Å². The Bertz CT molecular complexity index is 1060. The second-order valence-corrected chi connectivity index (χ2v) is 6.47. The number of hydrogen-bond donors (Lipinski definition) is 6. The first-order valence-electron chi connectivity index (χ1n) is 9.55. The van der Waals surface area contributed by atoms with E-state index in [9.17, 15) is 28.8 Å². The number of carboxylic acids is 6. The first kappa shape index (κ1) is 35.8. The maximum absolute atomic E-state index is 10.5. The Morgan fingerprint density at radius 1 is 0.316 bits per heavy atom. The third-order valence-corrected chi connectivity index (χ3v) is 4.16. The van der Waals surface area contributed by atoms with Crippen molar-refractivity contribution in [3.05, 3.63) is 106 Å². The predicted molar refractivity (Wildman–Crippen MR) is 141 cm³/mol. The van der Waals surface area contributed by atoms with Crippen molar-refractivity contribution in [1.82, 2.24) is 0 Å². The van der Waals surface area contributed by atoms with Crippen LogP contribution in [0.15, 0.2) is 72.8 Å². The van der Waals surface area contributed by atoms with Gasteiger partial charge in [0.15, 0.2) is 0 Å². The fourth-order valence-corrected chi connectivity index (χ4v) is 2.57. The van der Waals surface area contributed by atoms with Gasteiger partial charge in [-0.3, -0.25) is 0 Å². The molecule has 0 aromatic heterocycles. The van der Waals surface area contributed by atoms with E-state index in [0.29, 0.717) is 0 Å². The molecule has 3 aromatic rings. The van der Waals surface area contributed by atoms with E-state index in [0.717, 1.165) is 0 Å². The second-order valence-electron chi connectivity index (χ2n) is 6.47. The summed E-state index contributed by atoms with van der Waals surface area (Å²) in [7, 11) is 0. The fourth-order valence-electron chi connectivity index (χ4n) is 2.57. The second kappa shape index (κ2) is 17.1. The third kappa shape index (κ3) is 10.7. The minimum absolute atomic E-state index is 0. The summed E-state index contributed by atoms with van der Waals surface area (Å²) >= 11 is 0. The van der Waals surface area contributed by atoms with Crippen LogP contribution in [0.25, 0.3) is 0 Å². The van der Waals surface area contributed by atoms with Crippen molar-refractivity contribution >= 4 is 71.7 Å². The molecule has 38 heavy (non-hydrogen) atoms. The van der Waals surface area contributed by atoms with Crippen molar-refractivity contribution in [3.8, 4) is 0 Å². The molecule has 0 aliphatic carbocycles. The maximum atomic E-state index is 10.5. The molecule has 14 heteroatoms. The van der Waals surface area contributed by atoms with Crippen LogP contribution < -0.4 is 0 Å². The molecule has 0 aliphatic rings. The molecule has 0 saturated heterocycles. The molecular formula is C24H24As2O12. The van der Waals surface area contributed by atoms with Gasteiger partial charge in [-0.25, -0.2) is 28.8 Å². The van der Waals surface area contributed by atoms with Gasteiger partial charge in [0.25, 0.3) is 0 Å². The van der Waals surface area contributed by atoms with Crippen LogP contribution in [0.4, 0.5) is 0 Å². The minimum atomic E-state index is -1.23. The predicted octanol–water partition coefficient (Wildman–Crippen LogP) is 0.881. The molecule has 3 aromatic carbocycles. The summed E-state index contributed by atoms with van der Waals surface area (Å²) in [6.45, 7) is 0. The number of carboxylic acid groups (broad SMARTS) is 6. The van der Waals surface area contributed by atoms with Gasteiger partial charge in [-0.1, -0.05) is 36.4 Å². The number of benzene rings is 3. The average molecular weight is 654 g/mol. The number of rotatable bonds is 6. The Hall–Kier alpha value is -4.40. The Morgan fingerprint density at radius 3 is 0.500 bits per heavy atom. The first-order chi connectivity index (χ1) is 16.9. The molecular weight excluding hydrogens is 630 g/mol. The molecule has 0 saturated carbocycles. The molecule has 0 spiro atoms. The van der Waals surface area contributed by atoms with E-state index in [1.54, 1.807) is 0 Å². The van der Waals surface area contributed by atoms with Gasteiger partial charge in [0.1, 0.15) is 0 Å². The molecule has 0 aliphatic heterocycles. The van der Waals surface area contributed by atoms with Crippen molar-refractivity contribution in [1.29, 1.82) is 0 Å². The van der Waals surface area contributed by atoms with Crippen LogP contribution >= 0.6 is 0 Å². The topological polar surface area (TPSA) is 224 Å². The third-order valence-electron chi connectivity index (χ3n) is 4.16. The Morgan fingerprint density at radius 2 is 0.421 bits per heavy atom. The van der Waals surface area contributed by atoms with Gasteiger partial charge < -0.3 is 30.6 Å². The summed E-state index contributed by atoms with van der Waals surface area (Å²) < 4.78 is 0. The summed E-state index contributed by atoms with van der Waals surface area (Å²) in [5, 5.41) is 51.3. The number of hydrogen-bond acceptors (Lipinski definition) is 6. The summed E-state index contributed by atoms with van der Waals surface area (Å²) in [5.74, 6) is -7.37. The van der Waals surface area contributed by atoms with Gasteiger partial charge >= 0.3 is 71.7 Å². The van der Waals surface area contributed by atoms with Crippen molar-refractivity contribution in [2.75, 3.05) is 0 Å². The van der Waals surface area contributed by atoms with E-state index in [-0.39, 0.29) is 69.3 Å². The summed E-state index contributed by atoms with van der Waals surface area (Å²) in [6, 6.07) is 16.4. The molecule has 6 N–H and O–H groups in total. The average Bonchev–Trinajstić information content (AvgIpc) is 2.84. The van der Waals surface area contributed by atoms with Crippen LogP contribution in [0.5, 0.6) is 0 Å². The van der Waals surface area contributed by atoms with Crippen molar-refractivity contribution < 1.29 is 59.4 Å². The molecule has 202 valence electrons. The number of carbonyl (C=O) groups is 6. The van der Waals surface area contributed by atoms with Crippen LogP contribution in [0, 0.1) is 0 Å². The van der Waals surface area contributed by atoms with Gasteiger partial charge in [0, 0.05) is 0 Å². The summed E-state index contributed by atoms with van der Waals surface area (Å²) in [5.41, 5.74) is -1.14. The monoisotopic (exact) mass is 654 g/mol. The van der Waals surface area contributed by atoms with E-state index < -0.39 is 35.8 Å². The van der Waals surface area contributed by atoms with E-state index in [1.807, 2.05) is 0 Å². The van der Waals surface area contributed by atoms with E-state index in [1.165, 1.54) is 72.8 Å². The van der Waals surface area contributed by atoms with E-state index in [4.69, 9.17) is 30.6 Å². The first-order valence-corrected chi connectivity index (χ1v) is 9.55. The Kier molecular flexibility index (Phi) is 16.1. The SMILES string of the molecule is O=C(O)c1ccccc1C(=O)O.O=C(O)c1ccccc1C(=O)O.O=C(O)c1ccccc1C(=O)O.[AsH3].[AsH3]. The molecule has 0 fully saturated rings. The molecule has 0 amide bonds. The van der Waals surface area contributed by atoms with Crippen LogP contribution in [-0.2, 0) is 0 Å². The molecule has 2 unspecified atom stereocenters. The molecule has 0 bridgehead atoms. The quantitative estimate of drug-likeness (QED) is 0.204. The Balaban J connectivity index is 0. The van der Waals surface area contributed by atoms with Gasteiger partial charge in [-0.15, -0.1) is 0 Å². The molecule has 0 heterocycles. The zero-order valence-electron chi connectivity index (χ0n) is 19.5. The summed E-state index contributed by atoms with van der Waals surface area (Å²) in [6.07, 6.45) is 0. The molecule has 3 rings (SSSR count). The van der Waals surface area contributed by atoms with Gasteiger partial charge in [-0.05, 0) is 36.4 Å². The molecule has 0 radical (unpaired) electrons. The van der Waals surface area contributed by atoms with Crippen LogP contribution in [-0.4, -0.2) is 102 Å². The molecule has 12 nitrogen and oxygen atoms in total. The van der Waals surface area contributed by atoms with E-state index in [2.05, 4.69) is 0 Å². The van der Waals surface area contributed by atoms with Gasteiger partial charge in [0.2, 0.25) is 0 Å². The van der Waals surface area contributed by atoms with Crippen molar-refractivity contribution in [2.24, 2.45) is 0 Å². The zero-order valence-corrected chi connectivity index (χ0v) is 25.4. The van der Waals surface area contributed by atoms with E-state index >= 15 is 0 Å². The van der Waals surface area contributed by atoms with Crippen molar-refractivity contribution in [2.45, 2.75) is 0 Å². The zero-order chi connectivity index (χ0) is 27.4. The van der Waals surface area contributed by atoms with Crippen LogP contribution in [0.3, 0.4) is 0 Å². The fraction of sp³-hybridized carbons (Fsp3) is 0. The summed E-state index contributed by atoms with van der Waals surface area (Å²) in [4.78, 5) is 62.8. The normalized spacial score (nSPS) is 8.84. The van der Waals surface area contributed by atoms with Gasteiger partial charge in [-0.2, -0.15) is 0 Å². The standard InChI is InChI=1S/3C8H6O4.2AsH3/c3*9-7(10)5-3-1-2-4-6(5)8(11)12;;/h3*1-4H,(H,9,10)(H,11,12);2*1H3. The van der Waals surface area contributed by atoms with Crippen LogP contribution in [0.1, 0.15) is 62.1 Å². The molecule has 2 atom stereocenters. The Labute approximate surface area is 236 Å². The van der Waals surface area contributed by atoms with Crippen molar-refractivity contribution in [3.63, 3.8) is 0 Å². The van der Waals surface area contributed by atoms with Gasteiger partial charge in [0.05, 0.1) is 33.4 Å².